The molecule has 0 aromatic heterocycles. The highest BCUT2D eigenvalue weighted by molar-refractivity contribution is 7.90. The second-order valence-electron chi connectivity index (χ2n) is 6.11. The molecular weight excluding hydrogens is 264 g/mol. The van der Waals surface area contributed by atoms with Gasteiger partial charge >= 0.3 is 0 Å². The van der Waals surface area contributed by atoms with Crippen LogP contribution in [0, 0.1) is 5.41 Å². The molecule has 1 aliphatic rings. The normalized spacial score (nSPS) is 20.8. The van der Waals surface area contributed by atoms with Crippen LogP contribution in [0.15, 0.2) is 0 Å². The average molecular weight is 290 g/mol. The van der Waals surface area contributed by atoms with Crippen LogP contribution in [0.3, 0.4) is 0 Å². The van der Waals surface area contributed by atoms with Gasteiger partial charge in [-0.3, -0.25) is 4.79 Å². The van der Waals surface area contributed by atoms with Crippen molar-refractivity contribution >= 4 is 15.7 Å². The van der Waals surface area contributed by atoms with Gasteiger partial charge in [-0.2, -0.15) is 0 Å². The summed E-state index contributed by atoms with van der Waals surface area (Å²) in [5.74, 6) is -0.283. The van der Waals surface area contributed by atoms with Gasteiger partial charge < -0.3 is 11.1 Å². The summed E-state index contributed by atoms with van der Waals surface area (Å²) in [5, 5.41) is 2.87. The quantitative estimate of drug-likeness (QED) is 0.758. The SMILES string of the molecule is CC1(CNC(=O)C(N)CCS(C)(=O)=O)CCCCC1. The van der Waals surface area contributed by atoms with Gasteiger partial charge in [-0.15, -0.1) is 0 Å². The maximum Gasteiger partial charge on any atom is 0.236 e. The van der Waals surface area contributed by atoms with Crippen LogP contribution in [0.1, 0.15) is 45.4 Å². The highest BCUT2D eigenvalue weighted by Crippen LogP contribution is 2.34. The zero-order valence-electron chi connectivity index (χ0n) is 11.9. The fraction of sp³-hybridized carbons (Fsp3) is 0.923. The van der Waals surface area contributed by atoms with Gasteiger partial charge in [0.2, 0.25) is 5.91 Å². The van der Waals surface area contributed by atoms with E-state index in [9.17, 15) is 13.2 Å². The van der Waals surface area contributed by atoms with Crippen molar-refractivity contribution in [3.63, 3.8) is 0 Å². The predicted octanol–water partition coefficient (Wildman–Crippen LogP) is 0.835. The Morgan fingerprint density at radius 3 is 2.42 bits per heavy atom. The molecule has 0 bridgehead atoms. The van der Waals surface area contributed by atoms with Crippen molar-refractivity contribution in [1.29, 1.82) is 0 Å². The van der Waals surface area contributed by atoms with Crippen LogP contribution in [-0.4, -0.2) is 38.9 Å². The van der Waals surface area contributed by atoms with E-state index in [0.717, 1.165) is 19.1 Å². The summed E-state index contributed by atoms with van der Waals surface area (Å²) >= 11 is 0. The van der Waals surface area contributed by atoms with Crippen molar-refractivity contribution in [3.8, 4) is 0 Å². The van der Waals surface area contributed by atoms with Crippen LogP contribution >= 0.6 is 0 Å². The lowest BCUT2D eigenvalue weighted by atomic mass is 9.76. The van der Waals surface area contributed by atoms with Gasteiger partial charge in [-0.1, -0.05) is 26.2 Å². The summed E-state index contributed by atoms with van der Waals surface area (Å²) in [7, 11) is -3.06. The van der Waals surface area contributed by atoms with E-state index in [-0.39, 0.29) is 23.5 Å². The van der Waals surface area contributed by atoms with E-state index in [4.69, 9.17) is 5.73 Å². The lowest BCUT2D eigenvalue weighted by Gasteiger charge is -2.34. The number of hydrogen-bond acceptors (Lipinski definition) is 4. The Kier molecular flexibility index (Phi) is 5.80. The van der Waals surface area contributed by atoms with Crippen molar-refractivity contribution in [2.24, 2.45) is 11.1 Å². The third-order valence-corrected chi connectivity index (χ3v) is 4.86. The molecule has 0 aromatic carbocycles. The van der Waals surface area contributed by atoms with Crippen LogP contribution in [0.2, 0.25) is 0 Å². The van der Waals surface area contributed by atoms with Gasteiger partial charge in [-0.05, 0) is 24.7 Å². The first-order valence-electron chi connectivity index (χ1n) is 6.93. The fourth-order valence-corrected chi connectivity index (χ4v) is 3.17. The number of hydrogen-bond donors (Lipinski definition) is 2. The summed E-state index contributed by atoms with van der Waals surface area (Å²) in [6, 6.07) is -0.734. The minimum absolute atomic E-state index is 0.0428. The molecule has 0 saturated heterocycles. The highest BCUT2D eigenvalue weighted by Gasteiger charge is 2.28. The molecule has 3 N–H and O–H groups in total. The van der Waals surface area contributed by atoms with Crippen molar-refractivity contribution in [2.45, 2.75) is 51.5 Å². The minimum Gasteiger partial charge on any atom is -0.354 e. The Morgan fingerprint density at radius 1 is 1.32 bits per heavy atom. The van der Waals surface area contributed by atoms with Crippen molar-refractivity contribution in [3.05, 3.63) is 0 Å². The second kappa shape index (κ2) is 6.70. The summed E-state index contributed by atoms with van der Waals surface area (Å²) in [5.41, 5.74) is 5.88. The van der Waals surface area contributed by atoms with Crippen LogP contribution in [0.4, 0.5) is 0 Å². The molecule has 5 nitrogen and oxygen atoms in total. The molecule has 1 rings (SSSR count). The summed E-state index contributed by atoms with van der Waals surface area (Å²) < 4.78 is 22.1. The molecule has 0 heterocycles. The largest absolute Gasteiger partial charge is 0.354 e. The Balaban J connectivity index is 2.33. The topological polar surface area (TPSA) is 89.3 Å². The summed E-state index contributed by atoms with van der Waals surface area (Å²) in [6.45, 7) is 2.83. The van der Waals surface area contributed by atoms with E-state index in [2.05, 4.69) is 12.2 Å². The molecule has 0 radical (unpaired) electrons. The fourth-order valence-electron chi connectivity index (χ4n) is 2.49. The lowest BCUT2D eigenvalue weighted by Crippen LogP contribution is -2.45. The molecule has 1 atom stereocenters. The standard InChI is InChI=1S/C13H26N2O3S/c1-13(7-4-3-5-8-13)10-15-12(16)11(14)6-9-19(2,17)18/h11H,3-10,14H2,1-2H3,(H,15,16). The Bertz CT molecular complexity index is 400. The number of nitrogens with two attached hydrogens (primary N) is 1. The number of carbonyl (C=O) groups is 1. The molecular formula is C13H26N2O3S. The third kappa shape index (κ3) is 6.38. The first kappa shape index (κ1) is 16.4. The maximum atomic E-state index is 11.8. The number of carbonyl (C=O) groups excluding carboxylic acids is 1. The lowest BCUT2D eigenvalue weighted by molar-refractivity contribution is -0.123. The van der Waals surface area contributed by atoms with Gasteiger partial charge in [0.15, 0.2) is 0 Å². The van der Waals surface area contributed by atoms with E-state index < -0.39 is 15.9 Å². The summed E-state index contributed by atoms with van der Waals surface area (Å²) in [6.07, 6.45) is 7.30. The molecule has 1 saturated carbocycles. The van der Waals surface area contributed by atoms with Gasteiger partial charge in [0.05, 0.1) is 11.8 Å². The molecule has 1 aliphatic carbocycles. The Morgan fingerprint density at radius 2 is 1.89 bits per heavy atom. The second-order valence-corrected chi connectivity index (χ2v) is 8.37. The Labute approximate surface area is 116 Å². The Hall–Kier alpha value is -0.620. The van der Waals surface area contributed by atoms with Crippen molar-refractivity contribution in [2.75, 3.05) is 18.6 Å². The van der Waals surface area contributed by atoms with Crippen LogP contribution in [0.25, 0.3) is 0 Å². The van der Waals surface area contributed by atoms with Crippen LogP contribution < -0.4 is 11.1 Å². The van der Waals surface area contributed by atoms with Gasteiger partial charge in [0.1, 0.15) is 9.84 Å². The molecule has 0 spiro atoms. The summed E-state index contributed by atoms with van der Waals surface area (Å²) in [4.78, 5) is 11.8. The van der Waals surface area contributed by atoms with E-state index in [1.54, 1.807) is 0 Å². The van der Waals surface area contributed by atoms with Crippen LogP contribution in [0.5, 0.6) is 0 Å². The number of amides is 1. The van der Waals surface area contributed by atoms with Crippen molar-refractivity contribution < 1.29 is 13.2 Å². The average Bonchev–Trinajstić information content (AvgIpc) is 2.33. The van der Waals surface area contributed by atoms with E-state index in [0.29, 0.717) is 6.54 Å². The number of sulfone groups is 1. The van der Waals surface area contributed by atoms with Gasteiger partial charge in [0.25, 0.3) is 0 Å². The van der Waals surface area contributed by atoms with Gasteiger partial charge in [-0.25, -0.2) is 8.42 Å². The molecule has 1 unspecified atom stereocenters. The van der Waals surface area contributed by atoms with Crippen LogP contribution in [-0.2, 0) is 14.6 Å². The van der Waals surface area contributed by atoms with E-state index in [1.165, 1.54) is 19.3 Å². The molecule has 1 fully saturated rings. The number of nitrogens with one attached hydrogen (secondary N) is 1. The molecule has 19 heavy (non-hydrogen) atoms. The molecule has 1 amide bonds. The monoisotopic (exact) mass is 290 g/mol. The van der Waals surface area contributed by atoms with Gasteiger partial charge in [0, 0.05) is 12.8 Å². The highest BCUT2D eigenvalue weighted by atomic mass is 32.2. The first-order valence-corrected chi connectivity index (χ1v) is 8.99. The maximum absolute atomic E-state index is 11.8. The molecule has 0 aromatic rings. The third-order valence-electron chi connectivity index (χ3n) is 3.89. The zero-order chi connectivity index (χ0) is 14.5. The molecule has 0 aliphatic heterocycles. The zero-order valence-corrected chi connectivity index (χ0v) is 12.8. The first-order chi connectivity index (χ1) is 8.72. The van der Waals surface area contributed by atoms with E-state index >= 15 is 0 Å². The van der Waals surface area contributed by atoms with Crippen molar-refractivity contribution in [1.82, 2.24) is 5.32 Å². The molecule has 112 valence electrons. The predicted molar refractivity (Wildman–Crippen MR) is 76.5 cm³/mol. The van der Waals surface area contributed by atoms with E-state index in [1.807, 2.05) is 0 Å². The smallest absolute Gasteiger partial charge is 0.236 e. The molecule has 6 heteroatoms. The number of rotatable bonds is 6. The minimum atomic E-state index is -3.06.